The van der Waals surface area contributed by atoms with Gasteiger partial charge in [0.15, 0.2) is 0 Å². The van der Waals surface area contributed by atoms with E-state index in [0.717, 1.165) is 24.3 Å². The lowest BCUT2D eigenvalue weighted by atomic mass is 10.1. The lowest BCUT2D eigenvalue weighted by Gasteiger charge is -2.16. The molecule has 144 valence electrons. The van der Waals surface area contributed by atoms with Gasteiger partial charge in [-0.25, -0.2) is 0 Å². The minimum absolute atomic E-state index is 0.170. The molecule has 2 heterocycles. The highest BCUT2D eigenvalue weighted by Crippen LogP contribution is 2.28. The van der Waals surface area contributed by atoms with E-state index < -0.39 is 6.10 Å². The van der Waals surface area contributed by atoms with Crippen LogP contribution in [-0.2, 0) is 6.54 Å². The predicted octanol–water partition coefficient (Wildman–Crippen LogP) is 2.59. The number of aliphatic hydroxyl groups is 1. The SMILES string of the molecule is O=C(N[C@@H]1CC(Cn2cccn2)C[C@H]1O)c1ccc(Nc2cccnc2)cc1. The molecule has 1 fully saturated rings. The number of carbonyl (C=O) groups excluding carboxylic acids is 1. The minimum atomic E-state index is -0.531. The summed E-state index contributed by atoms with van der Waals surface area (Å²) in [5.41, 5.74) is 2.33. The maximum Gasteiger partial charge on any atom is 0.251 e. The molecule has 1 aliphatic carbocycles. The van der Waals surface area contributed by atoms with Gasteiger partial charge in [0.2, 0.25) is 0 Å². The maximum absolute atomic E-state index is 12.6. The Morgan fingerprint density at radius 2 is 1.96 bits per heavy atom. The molecule has 0 saturated heterocycles. The summed E-state index contributed by atoms with van der Waals surface area (Å²) in [4.78, 5) is 16.6. The number of hydrogen-bond donors (Lipinski definition) is 3. The van der Waals surface area contributed by atoms with Crippen molar-refractivity contribution >= 4 is 17.3 Å². The van der Waals surface area contributed by atoms with Gasteiger partial charge < -0.3 is 15.7 Å². The summed E-state index contributed by atoms with van der Waals surface area (Å²) in [5, 5.41) is 20.8. The van der Waals surface area contributed by atoms with Crippen LogP contribution < -0.4 is 10.6 Å². The molecular weight excluding hydrogens is 354 g/mol. The van der Waals surface area contributed by atoms with Crippen LogP contribution in [-0.4, -0.2) is 37.9 Å². The van der Waals surface area contributed by atoms with Gasteiger partial charge in [-0.05, 0) is 61.2 Å². The first kappa shape index (κ1) is 18.2. The van der Waals surface area contributed by atoms with E-state index in [-0.39, 0.29) is 11.9 Å². The minimum Gasteiger partial charge on any atom is -0.391 e. The summed E-state index contributed by atoms with van der Waals surface area (Å²) in [7, 11) is 0. The lowest BCUT2D eigenvalue weighted by Crippen LogP contribution is -2.39. The highest BCUT2D eigenvalue weighted by atomic mass is 16.3. The molecule has 0 bridgehead atoms. The first-order valence-electron chi connectivity index (χ1n) is 9.41. The second kappa shape index (κ2) is 8.22. The summed E-state index contributed by atoms with van der Waals surface area (Å²) < 4.78 is 1.87. The molecule has 1 saturated carbocycles. The van der Waals surface area contributed by atoms with E-state index in [4.69, 9.17) is 0 Å². The van der Waals surface area contributed by atoms with E-state index in [9.17, 15) is 9.90 Å². The van der Waals surface area contributed by atoms with E-state index in [0.29, 0.717) is 17.9 Å². The van der Waals surface area contributed by atoms with Crippen LogP contribution in [0.3, 0.4) is 0 Å². The molecule has 0 aliphatic heterocycles. The average Bonchev–Trinajstić information content (AvgIpc) is 3.33. The number of amides is 1. The molecule has 2 aromatic heterocycles. The van der Waals surface area contributed by atoms with Crippen LogP contribution in [0.1, 0.15) is 23.2 Å². The molecule has 0 radical (unpaired) electrons. The van der Waals surface area contributed by atoms with E-state index >= 15 is 0 Å². The Bertz CT molecular complexity index is 896. The van der Waals surface area contributed by atoms with Gasteiger partial charge in [0.25, 0.3) is 5.91 Å². The number of benzene rings is 1. The topological polar surface area (TPSA) is 92.1 Å². The molecule has 3 N–H and O–H groups in total. The molecule has 3 aromatic rings. The number of nitrogens with zero attached hydrogens (tertiary/aromatic N) is 3. The first-order valence-corrected chi connectivity index (χ1v) is 9.41. The summed E-state index contributed by atoms with van der Waals surface area (Å²) in [5.74, 6) is 0.128. The Hall–Kier alpha value is -3.19. The largest absolute Gasteiger partial charge is 0.391 e. The molecule has 4 rings (SSSR count). The van der Waals surface area contributed by atoms with E-state index in [1.165, 1.54) is 0 Å². The molecule has 1 amide bonds. The number of pyridine rings is 1. The zero-order chi connectivity index (χ0) is 19.3. The molecule has 28 heavy (non-hydrogen) atoms. The fraction of sp³-hybridized carbons (Fsp3) is 0.286. The van der Waals surface area contributed by atoms with Gasteiger partial charge in [-0.1, -0.05) is 0 Å². The number of aliphatic hydroxyl groups excluding tert-OH is 1. The summed E-state index contributed by atoms with van der Waals surface area (Å²) in [6.07, 6.45) is 8.00. The second-order valence-electron chi connectivity index (χ2n) is 7.16. The molecule has 3 atom stereocenters. The Labute approximate surface area is 163 Å². The highest BCUT2D eigenvalue weighted by Gasteiger charge is 2.34. The number of rotatable bonds is 6. The molecule has 7 heteroatoms. The van der Waals surface area contributed by atoms with E-state index in [1.807, 2.05) is 41.2 Å². The van der Waals surface area contributed by atoms with Crippen LogP contribution in [0.15, 0.2) is 67.3 Å². The standard InChI is InChI=1S/C21H23N5O2/c27-20-12-15(14-26-10-2-9-23-26)11-19(20)25-21(28)16-4-6-17(7-5-16)24-18-3-1-8-22-13-18/h1-10,13,15,19-20,24,27H,11-12,14H2,(H,25,28)/t15?,19-,20-/m1/s1. The average molecular weight is 377 g/mol. The van der Waals surface area contributed by atoms with Crippen LogP contribution in [0, 0.1) is 5.92 Å². The predicted molar refractivity (Wildman–Crippen MR) is 106 cm³/mol. The van der Waals surface area contributed by atoms with Gasteiger partial charge in [-0.3, -0.25) is 14.5 Å². The smallest absolute Gasteiger partial charge is 0.251 e. The van der Waals surface area contributed by atoms with Gasteiger partial charge >= 0.3 is 0 Å². The van der Waals surface area contributed by atoms with Crippen molar-refractivity contribution in [2.75, 3.05) is 5.32 Å². The Morgan fingerprint density at radius 3 is 2.68 bits per heavy atom. The lowest BCUT2D eigenvalue weighted by molar-refractivity contribution is 0.0873. The summed E-state index contributed by atoms with van der Waals surface area (Å²) in [6.45, 7) is 0.755. The molecule has 1 aromatic carbocycles. The summed E-state index contributed by atoms with van der Waals surface area (Å²) >= 11 is 0. The third-order valence-electron chi connectivity index (χ3n) is 5.04. The van der Waals surface area contributed by atoms with Crippen molar-refractivity contribution in [3.63, 3.8) is 0 Å². The third kappa shape index (κ3) is 4.37. The Balaban J connectivity index is 1.33. The quantitative estimate of drug-likeness (QED) is 0.614. The third-order valence-corrected chi connectivity index (χ3v) is 5.04. The van der Waals surface area contributed by atoms with Crippen molar-refractivity contribution in [3.8, 4) is 0 Å². The maximum atomic E-state index is 12.6. The Morgan fingerprint density at radius 1 is 1.11 bits per heavy atom. The number of carbonyl (C=O) groups is 1. The van der Waals surface area contributed by atoms with Crippen molar-refractivity contribution in [1.29, 1.82) is 0 Å². The zero-order valence-corrected chi connectivity index (χ0v) is 15.4. The van der Waals surface area contributed by atoms with Gasteiger partial charge in [0, 0.05) is 36.4 Å². The fourth-order valence-corrected chi connectivity index (χ4v) is 3.66. The van der Waals surface area contributed by atoms with Crippen molar-refractivity contribution in [3.05, 3.63) is 72.8 Å². The van der Waals surface area contributed by atoms with Crippen molar-refractivity contribution in [1.82, 2.24) is 20.1 Å². The monoisotopic (exact) mass is 377 g/mol. The van der Waals surface area contributed by atoms with Crippen molar-refractivity contribution in [2.24, 2.45) is 5.92 Å². The molecule has 1 unspecified atom stereocenters. The van der Waals surface area contributed by atoms with Gasteiger partial charge in [-0.2, -0.15) is 5.10 Å². The second-order valence-corrected chi connectivity index (χ2v) is 7.16. The summed E-state index contributed by atoms with van der Waals surface area (Å²) in [6, 6.07) is 12.7. The molecule has 0 spiro atoms. The van der Waals surface area contributed by atoms with Crippen LogP contribution in [0.5, 0.6) is 0 Å². The van der Waals surface area contributed by atoms with E-state index in [2.05, 4.69) is 20.7 Å². The van der Waals surface area contributed by atoms with Crippen LogP contribution in [0.2, 0.25) is 0 Å². The number of aromatic nitrogens is 3. The highest BCUT2D eigenvalue weighted by molar-refractivity contribution is 5.94. The fourth-order valence-electron chi connectivity index (χ4n) is 3.66. The first-order chi connectivity index (χ1) is 13.7. The molecule has 1 aliphatic rings. The van der Waals surface area contributed by atoms with Gasteiger partial charge in [0.1, 0.15) is 0 Å². The van der Waals surface area contributed by atoms with Crippen molar-refractivity contribution < 1.29 is 9.90 Å². The van der Waals surface area contributed by atoms with Crippen molar-refractivity contribution in [2.45, 2.75) is 31.5 Å². The van der Waals surface area contributed by atoms with Crippen LogP contribution >= 0.6 is 0 Å². The zero-order valence-electron chi connectivity index (χ0n) is 15.4. The molecule has 7 nitrogen and oxygen atoms in total. The van der Waals surface area contributed by atoms with Gasteiger partial charge in [-0.15, -0.1) is 0 Å². The Kier molecular flexibility index (Phi) is 5.34. The number of hydrogen-bond acceptors (Lipinski definition) is 5. The van der Waals surface area contributed by atoms with Crippen LogP contribution in [0.4, 0.5) is 11.4 Å². The van der Waals surface area contributed by atoms with Gasteiger partial charge in [0.05, 0.1) is 24.0 Å². The van der Waals surface area contributed by atoms with Crippen LogP contribution in [0.25, 0.3) is 0 Å². The van der Waals surface area contributed by atoms with E-state index in [1.54, 1.807) is 30.7 Å². The molecular formula is C21H23N5O2. The normalized spacial score (nSPS) is 21.4. The number of anilines is 2. The number of nitrogens with one attached hydrogen (secondary N) is 2.